The zero-order chi connectivity index (χ0) is 17.2. The van der Waals surface area contributed by atoms with Gasteiger partial charge in [0.05, 0.1) is 24.9 Å². The van der Waals surface area contributed by atoms with E-state index in [0.717, 1.165) is 44.0 Å². The number of piperazine rings is 1. The molecule has 0 saturated carbocycles. The van der Waals surface area contributed by atoms with Gasteiger partial charge in [0.15, 0.2) is 0 Å². The van der Waals surface area contributed by atoms with E-state index >= 15 is 0 Å². The fraction of sp³-hybridized carbons (Fsp3) is 0.632. The van der Waals surface area contributed by atoms with E-state index in [0.29, 0.717) is 19.0 Å². The molecule has 5 heteroatoms. The number of amides is 1. The first-order valence-electron chi connectivity index (χ1n) is 8.78. The highest BCUT2D eigenvalue weighted by atomic mass is 16.5. The molecule has 2 aliphatic heterocycles. The summed E-state index contributed by atoms with van der Waals surface area (Å²) in [4.78, 5) is 16.8. The van der Waals surface area contributed by atoms with Gasteiger partial charge in [0.1, 0.15) is 5.75 Å². The molecule has 0 aromatic heterocycles. The van der Waals surface area contributed by atoms with Gasteiger partial charge in [-0.1, -0.05) is 12.1 Å². The van der Waals surface area contributed by atoms with E-state index < -0.39 is 0 Å². The molecule has 1 atom stereocenters. The van der Waals surface area contributed by atoms with Crippen LogP contribution >= 0.6 is 0 Å². The van der Waals surface area contributed by atoms with Crippen molar-refractivity contribution < 1.29 is 14.3 Å². The third kappa shape index (κ3) is 3.90. The van der Waals surface area contributed by atoms with Crippen LogP contribution in [0.5, 0.6) is 5.75 Å². The molecule has 2 fully saturated rings. The van der Waals surface area contributed by atoms with Crippen molar-refractivity contribution in [2.24, 2.45) is 5.92 Å². The molecule has 2 aliphatic rings. The average Bonchev–Trinajstić information content (AvgIpc) is 2.54. The molecule has 5 nitrogen and oxygen atoms in total. The molecule has 2 saturated heterocycles. The summed E-state index contributed by atoms with van der Waals surface area (Å²) < 4.78 is 11.2. The van der Waals surface area contributed by atoms with E-state index in [1.165, 1.54) is 0 Å². The minimum absolute atomic E-state index is 0.0356. The molecule has 0 bridgehead atoms. The topological polar surface area (TPSA) is 42.0 Å². The maximum Gasteiger partial charge on any atom is 0.241 e. The Bertz CT molecular complexity index is 588. The molecule has 0 unspecified atom stereocenters. The third-order valence-corrected chi connectivity index (χ3v) is 4.99. The molecule has 24 heavy (non-hydrogen) atoms. The number of benzene rings is 1. The van der Waals surface area contributed by atoms with Gasteiger partial charge in [-0.3, -0.25) is 9.69 Å². The Labute approximate surface area is 144 Å². The molecule has 132 valence electrons. The van der Waals surface area contributed by atoms with Crippen LogP contribution < -0.4 is 9.64 Å². The van der Waals surface area contributed by atoms with Gasteiger partial charge >= 0.3 is 0 Å². The predicted molar refractivity (Wildman–Crippen MR) is 94.5 cm³/mol. The zero-order valence-electron chi connectivity index (χ0n) is 15.0. The molecule has 1 aromatic carbocycles. The molecule has 0 spiro atoms. The Morgan fingerprint density at radius 2 is 2.08 bits per heavy atom. The van der Waals surface area contributed by atoms with Gasteiger partial charge in [-0.25, -0.2) is 0 Å². The van der Waals surface area contributed by atoms with E-state index in [1.807, 2.05) is 29.2 Å². The van der Waals surface area contributed by atoms with Gasteiger partial charge in [-0.15, -0.1) is 0 Å². The minimum Gasteiger partial charge on any atom is -0.495 e. The second-order valence-electron chi connectivity index (χ2n) is 7.42. The summed E-state index contributed by atoms with van der Waals surface area (Å²) in [5.41, 5.74) is 0.837. The lowest BCUT2D eigenvalue weighted by molar-refractivity contribution is -0.122. The summed E-state index contributed by atoms with van der Waals surface area (Å²) in [6.07, 6.45) is 2.15. The van der Waals surface area contributed by atoms with Crippen LogP contribution in [0.3, 0.4) is 0 Å². The largest absolute Gasteiger partial charge is 0.495 e. The SMILES string of the molecule is COc1ccccc1N1CCN(C[C@H]2CCOC(C)(C)C2)CC1=O. The van der Waals surface area contributed by atoms with Crippen LogP contribution in [0.2, 0.25) is 0 Å². The lowest BCUT2D eigenvalue weighted by Gasteiger charge is -2.40. The summed E-state index contributed by atoms with van der Waals surface area (Å²) in [7, 11) is 1.65. The first kappa shape index (κ1) is 17.2. The number of para-hydroxylation sites is 2. The van der Waals surface area contributed by atoms with E-state index in [2.05, 4.69) is 18.7 Å². The molecule has 0 radical (unpaired) electrons. The number of hydrogen-bond donors (Lipinski definition) is 0. The van der Waals surface area contributed by atoms with E-state index in [1.54, 1.807) is 7.11 Å². The molecule has 2 heterocycles. The smallest absolute Gasteiger partial charge is 0.241 e. The first-order chi connectivity index (χ1) is 11.5. The van der Waals surface area contributed by atoms with E-state index in [4.69, 9.17) is 9.47 Å². The van der Waals surface area contributed by atoms with Crippen LogP contribution in [0.25, 0.3) is 0 Å². The molecule has 0 N–H and O–H groups in total. The maximum atomic E-state index is 12.6. The van der Waals surface area contributed by atoms with Crippen molar-refractivity contribution in [3.63, 3.8) is 0 Å². The Morgan fingerprint density at radius 3 is 2.79 bits per heavy atom. The molecular weight excluding hydrogens is 304 g/mol. The van der Waals surface area contributed by atoms with Crippen molar-refractivity contribution in [2.75, 3.05) is 44.8 Å². The van der Waals surface area contributed by atoms with Crippen LogP contribution in [0, 0.1) is 5.92 Å². The van der Waals surface area contributed by atoms with Crippen molar-refractivity contribution in [1.29, 1.82) is 0 Å². The van der Waals surface area contributed by atoms with E-state index in [9.17, 15) is 4.79 Å². The Morgan fingerprint density at radius 1 is 1.29 bits per heavy atom. The summed E-state index contributed by atoms with van der Waals surface area (Å²) >= 11 is 0. The number of ether oxygens (including phenoxy) is 2. The highest BCUT2D eigenvalue weighted by Crippen LogP contribution is 2.31. The van der Waals surface area contributed by atoms with Gasteiger partial charge in [0.2, 0.25) is 5.91 Å². The number of carbonyl (C=O) groups is 1. The predicted octanol–water partition coefficient (Wildman–Crippen LogP) is 2.55. The Balaban J connectivity index is 1.60. The molecule has 0 aliphatic carbocycles. The van der Waals surface area contributed by atoms with Crippen molar-refractivity contribution in [2.45, 2.75) is 32.3 Å². The van der Waals surface area contributed by atoms with Crippen molar-refractivity contribution in [3.05, 3.63) is 24.3 Å². The fourth-order valence-electron chi connectivity index (χ4n) is 3.86. The number of rotatable bonds is 4. The van der Waals surface area contributed by atoms with Gasteiger partial charge in [-0.2, -0.15) is 0 Å². The second-order valence-corrected chi connectivity index (χ2v) is 7.42. The van der Waals surface area contributed by atoms with Gasteiger partial charge < -0.3 is 14.4 Å². The van der Waals surface area contributed by atoms with Gasteiger partial charge in [-0.05, 0) is 44.7 Å². The van der Waals surface area contributed by atoms with Crippen molar-refractivity contribution in [1.82, 2.24) is 4.90 Å². The zero-order valence-corrected chi connectivity index (χ0v) is 15.0. The number of anilines is 1. The van der Waals surface area contributed by atoms with E-state index in [-0.39, 0.29) is 11.5 Å². The number of methoxy groups -OCH3 is 1. The average molecular weight is 332 g/mol. The van der Waals surface area contributed by atoms with Crippen LogP contribution in [0.4, 0.5) is 5.69 Å². The Kier molecular flexibility index (Phi) is 5.11. The third-order valence-electron chi connectivity index (χ3n) is 4.99. The summed E-state index contributed by atoms with van der Waals surface area (Å²) in [5.74, 6) is 1.52. The summed E-state index contributed by atoms with van der Waals surface area (Å²) in [6, 6.07) is 7.73. The van der Waals surface area contributed by atoms with Gasteiger partial charge in [0.25, 0.3) is 0 Å². The van der Waals surface area contributed by atoms with Crippen molar-refractivity contribution >= 4 is 11.6 Å². The van der Waals surface area contributed by atoms with Crippen LogP contribution in [0.1, 0.15) is 26.7 Å². The fourth-order valence-corrected chi connectivity index (χ4v) is 3.86. The molecule has 1 aromatic rings. The van der Waals surface area contributed by atoms with Crippen LogP contribution in [-0.4, -0.2) is 56.3 Å². The first-order valence-corrected chi connectivity index (χ1v) is 8.78. The summed E-state index contributed by atoms with van der Waals surface area (Å²) in [6.45, 7) is 8.22. The monoisotopic (exact) mass is 332 g/mol. The lowest BCUT2D eigenvalue weighted by Crippen LogP contribution is -2.52. The number of nitrogens with zero attached hydrogens (tertiary/aromatic N) is 2. The normalized spacial score (nSPS) is 24.9. The number of carbonyl (C=O) groups excluding carboxylic acids is 1. The number of hydrogen-bond acceptors (Lipinski definition) is 4. The van der Waals surface area contributed by atoms with Crippen molar-refractivity contribution in [3.8, 4) is 5.75 Å². The van der Waals surface area contributed by atoms with Crippen LogP contribution in [-0.2, 0) is 9.53 Å². The minimum atomic E-state index is -0.0356. The maximum absolute atomic E-state index is 12.6. The second kappa shape index (κ2) is 7.11. The highest BCUT2D eigenvalue weighted by molar-refractivity contribution is 5.96. The lowest BCUT2D eigenvalue weighted by atomic mass is 9.88. The van der Waals surface area contributed by atoms with Gasteiger partial charge in [0, 0.05) is 26.2 Å². The standard InChI is InChI=1S/C19H28N2O3/c1-19(2)12-15(8-11-24-19)13-20-9-10-21(18(22)14-20)16-6-4-5-7-17(16)23-3/h4-7,15H,8-14H2,1-3H3/t15-/m0/s1. The molecular formula is C19H28N2O3. The molecule has 1 amide bonds. The van der Waals surface area contributed by atoms with Crippen LogP contribution in [0.15, 0.2) is 24.3 Å². The molecule has 3 rings (SSSR count). The summed E-state index contributed by atoms with van der Waals surface area (Å²) in [5, 5.41) is 0. The highest BCUT2D eigenvalue weighted by Gasteiger charge is 2.32. The quantitative estimate of drug-likeness (QED) is 0.850. The Hall–Kier alpha value is -1.59.